The smallest absolute Gasteiger partial charge is 0.244 e. The first-order valence-corrected chi connectivity index (χ1v) is 9.55. The van der Waals surface area contributed by atoms with Crippen LogP contribution in [0.3, 0.4) is 0 Å². The number of nitrogens with one attached hydrogen (secondary N) is 1. The Bertz CT molecular complexity index is 695. The minimum atomic E-state index is -0.503. The highest BCUT2D eigenvalue weighted by Gasteiger charge is 2.37. The largest absolute Gasteiger partial charge is 0.341 e. The fraction of sp³-hybridized carbons (Fsp3) is 0.455. The first kappa shape index (κ1) is 18.4. The van der Waals surface area contributed by atoms with E-state index in [2.05, 4.69) is 17.5 Å². The molecule has 1 N–H and O–H groups in total. The molecule has 1 saturated heterocycles. The van der Waals surface area contributed by atoms with Crippen molar-refractivity contribution >= 4 is 17.9 Å². The maximum absolute atomic E-state index is 12.8. The number of carbonyl (C=O) groups is 2. The number of piperidine rings is 1. The minimum Gasteiger partial charge on any atom is -0.341 e. The number of hydrogen-bond acceptors (Lipinski definition) is 2. The van der Waals surface area contributed by atoms with Crippen LogP contribution in [0.2, 0.25) is 0 Å². The lowest BCUT2D eigenvalue weighted by Crippen LogP contribution is -2.52. The van der Waals surface area contributed by atoms with Gasteiger partial charge in [0.25, 0.3) is 0 Å². The Morgan fingerprint density at radius 1 is 1.19 bits per heavy atom. The first-order valence-electron chi connectivity index (χ1n) is 9.55. The van der Waals surface area contributed by atoms with Gasteiger partial charge in [0.2, 0.25) is 11.8 Å². The molecule has 0 aromatic heterocycles. The van der Waals surface area contributed by atoms with Gasteiger partial charge in [-0.2, -0.15) is 0 Å². The van der Waals surface area contributed by atoms with Crippen molar-refractivity contribution in [3.63, 3.8) is 0 Å². The second kappa shape index (κ2) is 8.35. The molecule has 1 aliphatic heterocycles. The van der Waals surface area contributed by atoms with Gasteiger partial charge in [0.15, 0.2) is 0 Å². The van der Waals surface area contributed by atoms with E-state index in [1.807, 2.05) is 35.2 Å². The maximum atomic E-state index is 12.8. The van der Waals surface area contributed by atoms with Crippen molar-refractivity contribution in [1.82, 2.24) is 10.2 Å². The van der Waals surface area contributed by atoms with Crippen LogP contribution in [0.25, 0.3) is 6.08 Å². The zero-order chi connectivity index (χ0) is 18.4. The highest BCUT2D eigenvalue weighted by molar-refractivity contribution is 5.95. The normalized spacial score (nSPS) is 24.0. The fourth-order valence-electron chi connectivity index (χ4n) is 4.04. The number of allylic oxidation sites excluding steroid dienone is 2. The number of rotatable bonds is 4. The van der Waals surface area contributed by atoms with E-state index >= 15 is 0 Å². The van der Waals surface area contributed by atoms with Gasteiger partial charge in [0.1, 0.15) is 6.04 Å². The molecule has 2 amide bonds. The van der Waals surface area contributed by atoms with Gasteiger partial charge in [0, 0.05) is 19.2 Å². The molecule has 1 heterocycles. The third-order valence-corrected chi connectivity index (χ3v) is 5.49. The molecule has 1 fully saturated rings. The van der Waals surface area contributed by atoms with Crippen LogP contribution in [0.1, 0.15) is 44.6 Å². The number of hydrogen-bond donors (Lipinski definition) is 1. The summed E-state index contributed by atoms with van der Waals surface area (Å²) in [5, 5.41) is 2.81. The molecule has 2 unspecified atom stereocenters. The molecule has 4 heteroatoms. The van der Waals surface area contributed by atoms with Crippen LogP contribution in [0.5, 0.6) is 0 Å². The fourth-order valence-corrected chi connectivity index (χ4v) is 4.04. The van der Waals surface area contributed by atoms with E-state index < -0.39 is 6.04 Å². The van der Waals surface area contributed by atoms with Crippen molar-refractivity contribution < 1.29 is 9.59 Å². The topological polar surface area (TPSA) is 49.4 Å². The molecule has 4 nitrogen and oxygen atoms in total. The van der Waals surface area contributed by atoms with E-state index in [0.29, 0.717) is 0 Å². The zero-order valence-corrected chi connectivity index (χ0v) is 15.5. The van der Waals surface area contributed by atoms with Gasteiger partial charge < -0.3 is 10.2 Å². The van der Waals surface area contributed by atoms with E-state index in [-0.39, 0.29) is 17.2 Å². The molecule has 2 aliphatic rings. The Balaban J connectivity index is 1.54. The van der Waals surface area contributed by atoms with Gasteiger partial charge in [-0.25, -0.2) is 0 Å². The molecule has 0 saturated carbocycles. The van der Waals surface area contributed by atoms with Crippen LogP contribution >= 0.6 is 0 Å². The van der Waals surface area contributed by atoms with Crippen LogP contribution in [-0.2, 0) is 9.59 Å². The molecule has 1 aliphatic carbocycles. The Labute approximate surface area is 156 Å². The predicted octanol–water partition coefficient (Wildman–Crippen LogP) is 3.55. The molecule has 138 valence electrons. The average molecular weight is 352 g/mol. The Morgan fingerprint density at radius 2 is 2.00 bits per heavy atom. The van der Waals surface area contributed by atoms with Crippen LogP contribution in [0.15, 0.2) is 48.6 Å². The second-order valence-electron chi connectivity index (χ2n) is 7.55. The zero-order valence-electron chi connectivity index (χ0n) is 15.5. The highest BCUT2D eigenvalue weighted by atomic mass is 16.2. The lowest BCUT2D eigenvalue weighted by atomic mass is 9.71. The summed E-state index contributed by atoms with van der Waals surface area (Å²) < 4.78 is 0. The van der Waals surface area contributed by atoms with Gasteiger partial charge >= 0.3 is 0 Å². The molecular weight excluding hydrogens is 324 g/mol. The van der Waals surface area contributed by atoms with Crippen molar-refractivity contribution in [2.24, 2.45) is 5.41 Å². The number of amides is 2. The van der Waals surface area contributed by atoms with Gasteiger partial charge in [-0.1, -0.05) is 42.5 Å². The summed E-state index contributed by atoms with van der Waals surface area (Å²) in [6.45, 7) is 3.39. The quantitative estimate of drug-likeness (QED) is 0.665. The van der Waals surface area contributed by atoms with Gasteiger partial charge in [-0.15, -0.1) is 0 Å². The van der Waals surface area contributed by atoms with E-state index in [1.165, 1.54) is 12.5 Å². The summed E-state index contributed by atoms with van der Waals surface area (Å²) in [5.41, 5.74) is 1.21. The molecule has 0 radical (unpaired) electrons. The van der Waals surface area contributed by atoms with Gasteiger partial charge in [-0.3, -0.25) is 9.59 Å². The van der Waals surface area contributed by atoms with Gasteiger partial charge in [0.05, 0.1) is 0 Å². The average Bonchev–Trinajstić information content (AvgIpc) is 2.67. The Hall–Kier alpha value is -2.36. The van der Waals surface area contributed by atoms with E-state index in [9.17, 15) is 9.59 Å². The van der Waals surface area contributed by atoms with Crippen molar-refractivity contribution in [3.8, 4) is 0 Å². The van der Waals surface area contributed by atoms with Crippen molar-refractivity contribution in [1.29, 1.82) is 0 Å². The molecule has 1 spiro atoms. The maximum Gasteiger partial charge on any atom is 0.244 e. The monoisotopic (exact) mass is 352 g/mol. The number of nitrogens with zero attached hydrogens (tertiary/aromatic N) is 1. The molecule has 3 rings (SSSR count). The molecule has 1 aromatic carbocycles. The summed E-state index contributed by atoms with van der Waals surface area (Å²) in [7, 11) is 0. The lowest BCUT2D eigenvalue weighted by Gasteiger charge is -2.44. The van der Waals surface area contributed by atoms with Crippen LogP contribution in [-0.4, -0.2) is 35.8 Å². The third-order valence-electron chi connectivity index (χ3n) is 5.49. The second-order valence-corrected chi connectivity index (χ2v) is 7.55. The van der Waals surface area contributed by atoms with Crippen molar-refractivity contribution in [2.75, 3.05) is 13.1 Å². The van der Waals surface area contributed by atoms with Crippen LogP contribution in [0.4, 0.5) is 0 Å². The molecule has 0 bridgehead atoms. The highest BCUT2D eigenvalue weighted by Crippen LogP contribution is 2.40. The molecular formula is C22H28N2O2. The summed E-state index contributed by atoms with van der Waals surface area (Å²) >= 11 is 0. The summed E-state index contributed by atoms with van der Waals surface area (Å²) in [4.78, 5) is 26.9. The van der Waals surface area contributed by atoms with E-state index in [4.69, 9.17) is 0 Å². The van der Waals surface area contributed by atoms with E-state index in [1.54, 1.807) is 13.0 Å². The SMILES string of the molecule is CC(NC(=O)/C=C/c1ccccc1)C(=O)N1CCCC2(CC=CCC2)C1. The summed E-state index contributed by atoms with van der Waals surface area (Å²) in [6, 6.07) is 9.16. The number of carbonyl (C=O) groups excluding carboxylic acids is 2. The first-order chi connectivity index (χ1) is 12.6. The molecule has 1 aromatic rings. The molecule has 26 heavy (non-hydrogen) atoms. The standard InChI is InChI=1S/C22H28N2O2/c1-18(23-20(25)12-11-19-9-4-2-5-10-19)21(26)24-16-8-15-22(17-24)13-6-3-7-14-22/h2-6,9-12,18H,7-8,13-17H2,1H3,(H,23,25)/b12-11+. The van der Waals surface area contributed by atoms with Gasteiger partial charge in [-0.05, 0) is 56.1 Å². The summed E-state index contributed by atoms with van der Waals surface area (Å²) in [5.74, 6) is -0.206. The summed E-state index contributed by atoms with van der Waals surface area (Å²) in [6.07, 6.45) is 13.3. The molecule has 2 atom stereocenters. The Kier molecular flexibility index (Phi) is 5.92. The predicted molar refractivity (Wildman–Crippen MR) is 104 cm³/mol. The number of benzene rings is 1. The Morgan fingerprint density at radius 3 is 2.73 bits per heavy atom. The van der Waals surface area contributed by atoms with Crippen LogP contribution < -0.4 is 5.32 Å². The van der Waals surface area contributed by atoms with Crippen molar-refractivity contribution in [2.45, 2.75) is 45.1 Å². The van der Waals surface area contributed by atoms with Crippen molar-refractivity contribution in [3.05, 3.63) is 54.1 Å². The van der Waals surface area contributed by atoms with E-state index in [0.717, 1.165) is 44.3 Å². The third kappa shape index (κ3) is 4.63. The number of likely N-dealkylation sites (tertiary alicyclic amines) is 1. The van der Waals surface area contributed by atoms with Crippen LogP contribution in [0, 0.1) is 5.41 Å². The minimum absolute atomic E-state index is 0.0279. The lowest BCUT2D eigenvalue weighted by molar-refractivity contribution is -0.138.